The zero-order valence-electron chi connectivity index (χ0n) is 10.4. The Labute approximate surface area is 129 Å². The van der Waals surface area contributed by atoms with Crippen LogP contribution in [0.3, 0.4) is 0 Å². The van der Waals surface area contributed by atoms with E-state index < -0.39 is 0 Å². The highest BCUT2D eigenvalue weighted by Crippen LogP contribution is 2.42. The van der Waals surface area contributed by atoms with E-state index in [1.807, 2.05) is 24.3 Å². The van der Waals surface area contributed by atoms with Gasteiger partial charge in [0.25, 0.3) is 0 Å². The van der Waals surface area contributed by atoms with Crippen LogP contribution in [0.5, 0.6) is 0 Å². The average Bonchev–Trinajstić information content (AvgIpc) is 2.82. The second-order valence-electron chi connectivity index (χ2n) is 4.46. The molecule has 5 heteroatoms. The molecule has 1 atom stereocenters. The molecule has 102 valence electrons. The Balaban J connectivity index is 1.98. The smallest absolute Gasteiger partial charge is 0.238 e. The zero-order chi connectivity index (χ0) is 14.1. The first kappa shape index (κ1) is 13.6. The maximum atomic E-state index is 13.0. The van der Waals surface area contributed by atoms with Crippen molar-refractivity contribution in [3.05, 3.63) is 64.4 Å². The fraction of sp³-hybridized carbons (Fsp3) is 0.133. The minimum atomic E-state index is -0.299. The van der Waals surface area contributed by atoms with E-state index in [9.17, 15) is 9.18 Å². The quantitative estimate of drug-likeness (QED) is 0.800. The van der Waals surface area contributed by atoms with Crippen molar-refractivity contribution in [2.24, 2.45) is 0 Å². The van der Waals surface area contributed by atoms with Crippen LogP contribution in [0.25, 0.3) is 0 Å². The van der Waals surface area contributed by atoms with Gasteiger partial charge in [0.15, 0.2) is 0 Å². The molecule has 0 radical (unpaired) electrons. The topological polar surface area (TPSA) is 20.3 Å². The summed E-state index contributed by atoms with van der Waals surface area (Å²) >= 11 is 5.03. The Bertz CT molecular complexity index is 647. The molecule has 1 saturated heterocycles. The third-order valence-corrected chi connectivity index (χ3v) is 4.81. The summed E-state index contributed by atoms with van der Waals surface area (Å²) in [5, 5.41) is -0.0644. The summed E-state index contributed by atoms with van der Waals surface area (Å²) in [6, 6.07) is 13.9. The molecule has 0 bridgehead atoms. The minimum absolute atomic E-state index is 0.0478. The molecule has 1 amide bonds. The number of hydrogen-bond donors (Lipinski definition) is 0. The number of anilines is 1. The SMILES string of the molecule is O=C1CSC(c2cccc(Br)c2)N1c1ccc(F)cc1. The molecule has 3 rings (SSSR count). The third kappa shape index (κ3) is 2.60. The van der Waals surface area contributed by atoms with Crippen LogP contribution in [0.15, 0.2) is 53.0 Å². The van der Waals surface area contributed by atoms with Crippen molar-refractivity contribution in [2.75, 3.05) is 10.7 Å². The second-order valence-corrected chi connectivity index (χ2v) is 6.44. The number of carbonyl (C=O) groups is 1. The summed E-state index contributed by atoms with van der Waals surface area (Å²) in [5.41, 5.74) is 1.78. The van der Waals surface area contributed by atoms with Gasteiger partial charge in [-0.25, -0.2) is 4.39 Å². The molecule has 0 saturated carbocycles. The fourth-order valence-corrected chi connectivity index (χ4v) is 3.80. The van der Waals surface area contributed by atoms with Gasteiger partial charge in [0.2, 0.25) is 5.91 Å². The molecule has 0 aliphatic carbocycles. The molecular formula is C15H11BrFNOS. The summed E-state index contributed by atoms with van der Waals surface area (Å²) in [7, 11) is 0. The minimum Gasteiger partial charge on any atom is -0.295 e. The van der Waals surface area contributed by atoms with Crippen LogP contribution in [-0.2, 0) is 4.79 Å². The van der Waals surface area contributed by atoms with Crippen molar-refractivity contribution >= 4 is 39.3 Å². The van der Waals surface area contributed by atoms with Crippen LogP contribution in [0.2, 0.25) is 0 Å². The van der Waals surface area contributed by atoms with E-state index in [2.05, 4.69) is 15.9 Å². The summed E-state index contributed by atoms with van der Waals surface area (Å²) < 4.78 is 14.0. The van der Waals surface area contributed by atoms with E-state index >= 15 is 0 Å². The Morgan fingerprint density at radius 2 is 1.95 bits per heavy atom. The Morgan fingerprint density at radius 1 is 1.20 bits per heavy atom. The van der Waals surface area contributed by atoms with E-state index in [1.54, 1.807) is 28.8 Å². The molecule has 20 heavy (non-hydrogen) atoms. The predicted molar refractivity (Wildman–Crippen MR) is 83.2 cm³/mol. The zero-order valence-corrected chi connectivity index (χ0v) is 12.8. The van der Waals surface area contributed by atoms with Gasteiger partial charge in [-0.15, -0.1) is 11.8 Å². The molecule has 0 N–H and O–H groups in total. The van der Waals surface area contributed by atoms with Gasteiger partial charge in [0.1, 0.15) is 11.2 Å². The number of halogens is 2. The molecule has 1 aliphatic heterocycles. The summed E-state index contributed by atoms with van der Waals surface area (Å²) in [6.45, 7) is 0. The number of nitrogens with zero attached hydrogens (tertiary/aromatic N) is 1. The van der Waals surface area contributed by atoms with Crippen molar-refractivity contribution in [1.29, 1.82) is 0 Å². The molecular weight excluding hydrogens is 341 g/mol. The molecule has 1 aliphatic rings. The van der Waals surface area contributed by atoms with Gasteiger partial charge in [0.05, 0.1) is 5.75 Å². The molecule has 2 nitrogen and oxygen atoms in total. The number of thioether (sulfide) groups is 1. The standard InChI is InChI=1S/C15H11BrFNOS/c16-11-3-1-2-10(8-11)15-18(14(19)9-20-15)13-6-4-12(17)5-7-13/h1-8,15H,9H2. The maximum absolute atomic E-state index is 13.0. The normalized spacial score (nSPS) is 18.6. The van der Waals surface area contributed by atoms with Crippen molar-refractivity contribution in [2.45, 2.75) is 5.37 Å². The number of hydrogen-bond acceptors (Lipinski definition) is 2. The highest BCUT2D eigenvalue weighted by Gasteiger charge is 2.33. The van der Waals surface area contributed by atoms with E-state index in [4.69, 9.17) is 0 Å². The molecule has 1 fully saturated rings. The highest BCUT2D eigenvalue weighted by molar-refractivity contribution is 9.10. The molecule has 0 spiro atoms. The van der Waals surface area contributed by atoms with Gasteiger partial charge in [0, 0.05) is 10.2 Å². The lowest BCUT2D eigenvalue weighted by Crippen LogP contribution is -2.27. The van der Waals surface area contributed by atoms with Crippen LogP contribution in [0.4, 0.5) is 10.1 Å². The largest absolute Gasteiger partial charge is 0.295 e. The Hall–Kier alpha value is -1.33. The lowest BCUT2D eigenvalue weighted by atomic mass is 10.2. The Kier molecular flexibility index (Phi) is 3.81. The lowest BCUT2D eigenvalue weighted by Gasteiger charge is -2.24. The third-order valence-electron chi connectivity index (χ3n) is 3.11. The monoisotopic (exact) mass is 351 g/mol. The van der Waals surface area contributed by atoms with Gasteiger partial charge in [-0.1, -0.05) is 28.1 Å². The van der Waals surface area contributed by atoms with Crippen LogP contribution < -0.4 is 4.90 Å². The van der Waals surface area contributed by atoms with Gasteiger partial charge < -0.3 is 0 Å². The predicted octanol–water partition coefficient (Wildman–Crippen LogP) is 4.37. The number of benzene rings is 2. The number of rotatable bonds is 2. The van der Waals surface area contributed by atoms with Gasteiger partial charge >= 0.3 is 0 Å². The number of amides is 1. The van der Waals surface area contributed by atoms with E-state index in [0.29, 0.717) is 5.75 Å². The summed E-state index contributed by atoms with van der Waals surface area (Å²) in [5.74, 6) is 0.188. The van der Waals surface area contributed by atoms with Crippen LogP contribution in [0.1, 0.15) is 10.9 Å². The van der Waals surface area contributed by atoms with E-state index in [-0.39, 0.29) is 17.1 Å². The van der Waals surface area contributed by atoms with Gasteiger partial charge in [-0.3, -0.25) is 9.69 Å². The van der Waals surface area contributed by atoms with Crippen molar-refractivity contribution in [1.82, 2.24) is 0 Å². The van der Waals surface area contributed by atoms with Crippen molar-refractivity contribution < 1.29 is 9.18 Å². The molecule has 1 heterocycles. The van der Waals surface area contributed by atoms with Gasteiger partial charge in [-0.05, 0) is 42.0 Å². The molecule has 2 aromatic carbocycles. The first-order valence-corrected chi connectivity index (χ1v) is 7.94. The van der Waals surface area contributed by atoms with Crippen molar-refractivity contribution in [3.63, 3.8) is 0 Å². The van der Waals surface area contributed by atoms with Crippen LogP contribution >= 0.6 is 27.7 Å². The first-order chi connectivity index (χ1) is 9.65. The lowest BCUT2D eigenvalue weighted by molar-refractivity contribution is -0.115. The van der Waals surface area contributed by atoms with Crippen molar-refractivity contribution in [3.8, 4) is 0 Å². The summed E-state index contributed by atoms with van der Waals surface area (Å²) in [6.07, 6.45) is 0. The molecule has 2 aromatic rings. The highest BCUT2D eigenvalue weighted by atomic mass is 79.9. The number of carbonyl (C=O) groups excluding carboxylic acids is 1. The molecule has 1 unspecified atom stereocenters. The second kappa shape index (κ2) is 5.58. The fourth-order valence-electron chi connectivity index (χ4n) is 2.21. The first-order valence-electron chi connectivity index (χ1n) is 6.10. The van der Waals surface area contributed by atoms with E-state index in [1.165, 1.54) is 12.1 Å². The molecule has 0 aromatic heterocycles. The summed E-state index contributed by atoms with van der Waals surface area (Å²) in [4.78, 5) is 13.9. The maximum Gasteiger partial charge on any atom is 0.238 e. The van der Waals surface area contributed by atoms with Gasteiger partial charge in [-0.2, -0.15) is 0 Å². The van der Waals surface area contributed by atoms with Crippen LogP contribution in [-0.4, -0.2) is 11.7 Å². The Morgan fingerprint density at radius 3 is 2.65 bits per heavy atom. The van der Waals surface area contributed by atoms with E-state index in [0.717, 1.165) is 15.7 Å². The average molecular weight is 352 g/mol. The van der Waals surface area contributed by atoms with Crippen LogP contribution in [0, 0.1) is 5.82 Å².